The topological polar surface area (TPSA) is 34.6 Å². The van der Waals surface area contributed by atoms with Gasteiger partial charge in [0.25, 0.3) is 0 Å². The first-order valence-electron chi connectivity index (χ1n) is 6.57. The van der Waals surface area contributed by atoms with E-state index in [1.165, 1.54) is 0 Å². The molecule has 0 saturated heterocycles. The zero-order valence-corrected chi connectivity index (χ0v) is 11.6. The Bertz CT molecular complexity index is 300. The van der Waals surface area contributed by atoms with Crippen LogP contribution in [0.25, 0.3) is 0 Å². The monoisotopic (exact) mass is 252 g/mol. The van der Waals surface area contributed by atoms with Gasteiger partial charge in [0.05, 0.1) is 5.69 Å². The summed E-state index contributed by atoms with van der Waals surface area (Å²) in [6, 6.07) is 5.99. The van der Waals surface area contributed by atoms with Gasteiger partial charge in [0, 0.05) is 38.9 Å². The molecule has 4 heteroatoms. The number of pyridine rings is 1. The van der Waals surface area contributed by atoms with E-state index in [-0.39, 0.29) is 6.29 Å². The maximum atomic E-state index is 5.52. The highest BCUT2D eigenvalue weighted by atomic mass is 16.7. The average Bonchev–Trinajstić information content (AvgIpc) is 2.38. The molecule has 102 valence electrons. The SMILES string of the molecule is CCOC(CCN(C)Cc1ccccn1)OCC. The van der Waals surface area contributed by atoms with Crippen LogP contribution in [0.15, 0.2) is 24.4 Å². The van der Waals surface area contributed by atoms with Crippen LogP contribution in [0.1, 0.15) is 26.0 Å². The van der Waals surface area contributed by atoms with E-state index in [1.807, 2.05) is 38.2 Å². The molecule has 0 radical (unpaired) electrons. The molecule has 0 aromatic carbocycles. The molecule has 0 bridgehead atoms. The lowest BCUT2D eigenvalue weighted by Gasteiger charge is -2.21. The van der Waals surface area contributed by atoms with Crippen LogP contribution in [0.5, 0.6) is 0 Å². The van der Waals surface area contributed by atoms with Gasteiger partial charge in [-0.1, -0.05) is 6.07 Å². The second-order valence-corrected chi connectivity index (χ2v) is 4.19. The van der Waals surface area contributed by atoms with Gasteiger partial charge in [-0.3, -0.25) is 4.98 Å². The fraction of sp³-hybridized carbons (Fsp3) is 0.643. The Labute approximate surface area is 110 Å². The number of rotatable bonds is 9. The fourth-order valence-corrected chi connectivity index (χ4v) is 1.76. The zero-order chi connectivity index (χ0) is 13.2. The molecule has 1 aromatic rings. The summed E-state index contributed by atoms with van der Waals surface area (Å²) >= 11 is 0. The molecule has 0 fully saturated rings. The third kappa shape index (κ3) is 6.10. The van der Waals surface area contributed by atoms with E-state index in [2.05, 4.69) is 16.9 Å². The molecule has 0 aliphatic carbocycles. The van der Waals surface area contributed by atoms with Crippen LogP contribution in [0.4, 0.5) is 0 Å². The third-order valence-electron chi connectivity index (χ3n) is 2.61. The molecular formula is C14H24N2O2. The van der Waals surface area contributed by atoms with E-state index < -0.39 is 0 Å². The highest BCUT2D eigenvalue weighted by Crippen LogP contribution is 2.05. The highest BCUT2D eigenvalue weighted by molar-refractivity contribution is 5.02. The van der Waals surface area contributed by atoms with Crippen LogP contribution < -0.4 is 0 Å². The van der Waals surface area contributed by atoms with E-state index in [0.29, 0.717) is 13.2 Å². The Morgan fingerprint density at radius 1 is 1.22 bits per heavy atom. The van der Waals surface area contributed by atoms with Gasteiger partial charge in [-0.2, -0.15) is 0 Å². The Hall–Kier alpha value is -0.970. The third-order valence-corrected chi connectivity index (χ3v) is 2.61. The summed E-state index contributed by atoms with van der Waals surface area (Å²) in [7, 11) is 2.09. The van der Waals surface area contributed by atoms with Gasteiger partial charge in [-0.15, -0.1) is 0 Å². The lowest BCUT2D eigenvalue weighted by molar-refractivity contribution is -0.141. The largest absolute Gasteiger partial charge is 0.353 e. The Balaban J connectivity index is 2.28. The van der Waals surface area contributed by atoms with Crippen LogP contribution in [0.3, 0.4) is 0 Å². The predicted molar refractivity (Wildman–Crippen MR) is 72.2 cm³/mol. The second kappa shape index (κ2) is 9.03. The van der Waals surface area contributed by atoms with Gasteiger partial charge in [0.1, 0.15) is 0 Å². The van der Waals surface area contributed by atoms with Crippen LogP contribution in [-0.4, -0.2) is 43.0 Å². The first kappa shape index (κ1) is 15.1. The summed E-state index contributed by atoms with van der Waals surface area (Å²) in [6.07, 6.45) is 2.61. The minimum atomic E-state index is -0.0915. The van der Waals surface area contributed by atoms with Crippen molar-refractivity contribution in [3.05, 3.63) is 30.1 Å². The average molecular weight is 252 g/mol. The van der Waals surface area contributed by atoms with Gasteiger partial charge < -0.3 is 14.4 Å². The molecular weight excluding hydrogens is 228 g/mol. The van der Waals surface area contributed by atoms with Crippen molar-refractivity contribution in [2.75, 3.05) is 26.8 Å². The molecule has 0 saturated carbocycles. The number of aromatic nitrogens is 1. The van der Waals surface area contributed by atoms with E-state index in [1.54, 1.807) is 0 Å². The molecule has 0 atom stereocenters. The molecule has 0 spiro atoms. The van der Waals surface area contributed by atoms with Gasteiger partial charge in [-0.05, 0) is 33.0 Å². The molecule has 0 aliphatic rings. The number of ether oxygens (including phenoxy) is 2. The summed E-state index contributed by atoms with van der Waals surface area (Å²) < 4.78 is 11.0. The molecule has 18 heavy (non-hydrogen) atoms. The van der Waals surface area contributed by atoms with Crippen molar-refractivity contribution >= 4 is 0 Å². The van der Waals surface area contributed by atoms with Crippen molar-refractivity contribution in [2.24, 2.45) is 0 Å². The van der Waals surface area contributed by atoms with Crippen molar-refractivity contribution < 1.29 is 9.47 Å². The number of hydrogen-bond donors (Lipinski definition) is 0. The first-order chi connectivity index (χ1) is 8.76. The van der Waals surface area contributed by atoms with Crippen LogP contribution in [-0.2, 0) is 16.0 Å². The molecule has 0 unspecified atom stereocenters. The molecule has 0 aliphatic heterocycles. The van der Waals surface area contributed by atoms with Crippen LogP contribution >= 0.6 is 0 Å². The normalized spacial score (nSPS) is 11.4. The minimum Gasteiger partial charge on any atom is -0.353 e. The lowest BCUT2D eigenvalue weighted by atomic mass is 10.3. The van der Waals surface area contributed by atoms with E-state index in [0.717, 1.165) is 25.2 Å². The molecule has 4 nitrogen and oxygen atoms in total. The molecule has 0 amide bonds. The molecule has 1 aromatic heterocycles. The first-order valence-corrected chi connectivity index (χ1v) is 6.57. The van der Waals surface area contributed by atoms with Crippen molar-refractivity contribution in [3.63, 3.8) is 0 Å². The van der Waals surface area contributed by atoms with E-state index in [4.69, 9.17) is 9.47 Å². The van der Waals surface area contributed by atoms with Crippen LogP contribution in [0, 0.1) is 0 Å². The maximum absolute atomic E-state index is 5.52. The lowest BCUT2D eigenvalue weighted by Crippen LogP contribution is -2.26. The van der Waals surface area contributed by atoms with Gasteiger partial charge in [0.2, 0.25) is 0 Å². The van der Waals surface area contributed by atoms with E-state index >= 15 is 0 Å². The quantitative estimate of drug-likeness (QED) is 0.632. The fourth-order valence-electron chi connectivity index (χ4n) is 1.76. The van der Waals surface area contributed by atoms with Crippen molar-refractivity contribution in [3.8, 4) is 0 Å². The Morgan fingerprint density at radius 3 is 2.50 bits per heavy atom. The zero-order valence-electron chi connectivity index (χ0n) is 11.6. The summed E-state index contributed by atoms with van der Waals surface area (Å²) in [5, 5.41) is 0. The Kier molecular flexibility index (Phi) is 7.57. The summed E-state index contributed by atoms with van der Waals surface area (Å²) in [5.74, 6) is 0. The maximum Gasteiger partial charge on any atom is 0.158 e. The second-order valence-electron chi connectivity index (χ2n) is 4.19. The van der Waals surface area contributed by atoms with Gasteiger partial charge >= 0.3 is 0 Å². The van der Waals surface area contributed by atoms with Gasteiger partial charge in [0.15, 0.2) is 6.29 Å². The summed E-state index contributed by atoms with van der Waals surface area (Å²) in [5.41, 5.74) is 1.09. The van der Waals surface area contributed by atoms with Crippen molar-refractivity contribution in [2.45, 2.75) is 33.1 Å². The van der Waals surface area contributed by atoms with Gasteiger partial charge in [-0.25, -0.2) is 0 Å². The van der Waals surface area contributed by atoms with Crippen molar-refractivity contribution in [1.82, 2.24) is 9.88 Å². The van der Waals surface area contributed by atoms with E-state index in [9.17, 15) is 0 Å². The number of hydrogen-bond acceptors (Lipinski definition) is 4. The highest BCUT2D eigenvalue weighted by Gasteiger charge is 2.09. The smallest absolute Gasteiger partial charge is 0.158 e. The Morgan fingerprint density at radius 2 is 1.94 bits per heavy atom. The molecule has 0 N–H and O–H groups in total. The number of nitrogens with zero attached hydrogens (tertiary/aromatic N) is 2. The predicted octanol–water partition coefficient (Wildman–Crippen LogP) is 2.30. The molecule has 1 rings (SSSR count). The summed E-state index contributed by atoms with van der Waals surface area (Å²) in [4.78, 5) is 6.54. The minimum absolute atomic E-state index is 0.0915. The summed E-state index contributed by atoms with van der Waals surface area (Å²) in [6.45, 7) is 7.14. The van der Waals surface area contributed by atoms with Crippen molar-refractivity contribution in [1.29, 1.82) is 0 Å². The molecule has 1 heterocycles. The van der Waals surface area contributed by atoms with Crippen LogP contribution in [0.2, 0.25) is 0 Å². The standard InChI is InChI=1S/C14H24N2O2/c1-4-17-14(18-5-2)9-11-16(3)12-13-8-6-7-10-15-13/h6-8,10,14H,4-5,9,11-12H2,1-3H3.